The third-order valence-electron chi connectivity index (χ3n) is 7.05. The molecule has 2 fully saturated rings. The number of hydroxylamine groups is 2. The van der Waals surface area contributed by atoms with Gasteiger partial charge in [-0.05, 0) is 43.0 Å². The van der Waals surface area contributed by atoms with Crippen LogP contribution < -0.4 is 5.32 Å². The van der Waals surface area contributed by atoms with Gasteiger partial charge in [-0.3, -0.25) is 14.5 Å². The van der Waals surface area contributed by atoms with Gasteiger partial charge in [-0.15, -0.1) is 5.06 Å². The summed E-state index contributed by atoms with van der Waals surface area (Å²) in [5.41, 5.74) is 3.46. The van der Waals surface area contributed by atoms with Gasteiger partial charge in [-0.2, -0.15) is 0 Å². The van der Waals surface area contributed by atoms with E-state index in [1.807, 2.05) is 48.5 Å². The lowest BCUT2D eigenvalue weighted by Gasteiger charge is -2.24. The van der Waals surface area contributed by atoms with Gasteiger partial charge in [0.25, 0.3) is 11.8 Å². The number of likely N-dealkylation sites (tertiary alicyclic amines) is 1. The number of nitrogens with zero attached hydrogens (tertiary/aromatic N) is 2. The Morgan fingerprint density at radius 1 is 0.925 bits per heavy atom. The van der Waals surface area contributed by atoms with Crippen molar-refractivity contribution in [2.45, 2.75) is 63.6 Å². The van der Waals surface area contributed by atoms with E-state index in [0.717, 1.165) is 27.2 Å². The summed E-state index contributed by atoms with van der Waals surface area (Å²) < 4.78 is 11.0. The van der Waals surface area contributed by atoms with Gasteiger partial charge in [0, 0.05) is 31.7 Å². The molecule has 4 amide bonds. The van der Waals surface area contributed by atoms with Crippen molar-refractivity contribution in [3.05, 3.63) is 59.7 Å². The van der Waals surface area contributed by atoms with E-state index in [1.165, 1.54) is 0 Å². The molecule has 2 unspecified atom stereocenters. The molecule has 0 spiro atoms. The second kappa shape index (κ2) is 10.6. The zero-order valence-electron chi connectivity index (χ0n) is 22.5. The first-order valence-electron chi connectivity index (χ1n) is 13.2. The van der Waals surface area contributed by atoms with Crippen molar-refractivity contribution >= 4 is 30.0 Å². The van der Waals surface area contributed by atoms with Crippen LogP contribution in [0, 0.1) is 0 Å². The van der Waals surface area contributed by atoms with Crippen LogP contribution in [0.4, 0.5) is 9.59 Å². The predicted octanol–water partition coefficient (Wildman–Crippen LogP) is 3.51. The van der Waals surface area contributed by atoms with Crippen molar-refractivity contribution in [3.63, 3.8) is 0 Å². The highest BCUT2D eigenvalue weighted by Gasteiger charge is 2.45. The fourth-order valence-corrected chi connectivity index (χ4v) is 5.33. The van der Waals surface area contributed by atoms with Gasteiger partial charge < -0.3 is 19.6 Å². The monoisotopic (exact) mass is 549 g/mol. The molecule has 11 heteroatoms. The molecule has 2 aromatic carbocycles. The van der Waals surface area contributed by atoms with Crippen LogP contribution in [-0.2, 0) is 28.7 Å². The number of amides is 4. The average Bonchev–Trinajstić information content (AvgIpc) is 3.56. The molecule has 11 nitrogen and oxygen atoms in total. The van der Waals surface area contributed by atoms with Crippen LogP contribution >= 0.6 is 0 Å². The Morgan fingerprint density at radius 2 is 1.50 bits per heavy atom. The molecule has 5 rings (SSSR count). The van der Waals surface area contributed by atoms with Crippen LogP contribution in [-0.4, -0.2) is 70.8 Å². The summed E-state index contributed by atoms with van der Waals surface area (Å²) in [5.74, 6) is -2.43. The van der Waals surface area contributed by atoms with E-state index in [9.17, 15) is 24.0 Å². The van der Waals surface area contributed by atoms with Crippen LogP contribution in [0.5, 0.6) is 0 Å². The molecule has 2 aromatic rings. The van der Waals surface area contributed by atoms with Crippen LogP contribution in [0.3, 0.4) is 0 Å². The minimum Gasteiger partial charge on any atom is -0.448 e. The molecule has 2 aliphatic heterocycles. The molecule has 1 aliphatic carbocycles. The van der Waals surface area contributed by atoms with Crippen LogP contribution in [0.1, 0.15) is 57.1 Å². The number of benzene rings is 2. The van der Waals surface area contributed by atoms with Crippen molar-refractivity contribution < 1.29 is 38.3 Å². The Balaban J connectivity index is 1.31. The molecule has 210 valence electrons. The Hall–Kier alpha value is -4.41. The Bertz CT molecular complexity index is 1310. The zero-order chi connectivity index (χ0) is 28.6. The topological polar surface area (TPSA) is 132 Å². The van der Waals surface area contributed by atoms with Gasteiger partial charge in [0.1, 0.15) is 18.2 Å². The molecule has 0 saturated carbocycles. The van der Waals surface area contributed by atoms with Crippen LogP contribution in [0.15, 0.2) is 48.5 Å². The zero-order valence-corrected chi connectivity index (χ0v) is 22.5. The maximum Gasteiger partial charge on any atom is 0.410 e. The maximum atomic E-state index is 13.4. The van der Waals surface area contributed by atoms with Crippen molar-refractivity contribution in [1.29, 1.82) is 0 Å². The first kappa shape index (κ1) is 27.2. The summed E-state index contributed by atoms with van der Waals surface area (Å²) in [6, 6.07) is 14.0. The predicted molar refractivity (Wildman–Crippen MR) is 141 cm³/mol. The highest BCUT2D eigenvalue weighted by Crippen LogP contribution is 2.44. The highest BCUT2D eigenvalue weighted by molar-refractivity contribution is 6.02. The molecule has 1 N–H and O–H groups in total. The van der Waals surface area contributed by atoms with Crippen molar-refractivity contribution in [2.24, 2.45) is 0 Å². The summed E-state index contributed by atoms with van der Waals surface area (Å²) in [7, 11) is 0. The fourth-order valence-electron chi connectivity index (χ4n) is 5.33. The van der Waals surface area contributed by atoms with Crippen LogP contribution in [0.25, 0.3) is 11.1 Å². The summed E-state index contributed by atoms with van der Waals surface area (Å²) in [6.07, 6.45) is -1.62. The van der Waals surface area contributed by atoms with E-state index in [-0.39, 0.29) is 38.3 Å². The van der Waals surface area contributed by atoms with Gasteiger partial charge in [-0.1, -0.05) is 48.5 Å². The standard InChI is InChI=1S/C29H31N3O8/c1-29(2,3)39-27(36)30-17-14-23(26(35)40-32-24(33)12-13-25(32)34)31(15-17)28(37)38-16-22-20-10-6-4-8-18(20)19-9-5-7-11-21(19)22/h4-11,17,22-23H,12-16H2,1-3H3,(H,30,36). The number of hydrogen-bond acceptors (Lipinski definition) is 8. The third kappa shape index (κ3) is 5.49. The van der Waals surface area contributed by atoms with Crippen molar-refractivity contribution in [1.82, 2.24) is 15.3 Å². The molecule has 3 aliphatic rings. The molecule has 2 atom stereocenters. The number of carbonyl (C=O) groups is 5. The number of fused-ring (bicyclic) bond motifs is 3. The molecular formula is C29H31N3O8. The SMILES string of the molecule is CC(C)(C)OC(=O)NC1CC(C(=O)ON2C(=O)CCC2=O)N(C(=O)OCC2c3ccccc3-c3ccccc32)C1. The number of hydrogen-bond donors (Lipinski definition) is 1. The van der Waals surface area contributed by atoms with E-state index in [1.54, 1.807) is 20.8 Å². The summed E-state index contributed by atoms with van der Waals surface area (Å²) >= 11 is 0. The molecule has 0 radical (unpaired) electrons. The lowest BCUT2D eigenvalue weighted by atomic mass is 9.98. The van der Waals surface area contributed by atoms with Crippen LogP contribution in [0.2, 0.25) is 0 Å². The van der Waals surface area contributed by atoms with Gasteiger partial charge >= 0.3 is 18.2 Å². The quantitative estimate of drug-likeness (QED) is 0.561. The van der Waals surface area contributed by atoms with Gasteiger partial charge in [0.2, 0.25) is 0 Å². The Labute approximate surface area is 231 Å². The lowest BCUT2D eigenvalue weighted by molar-refractivity contribution is -0.200. The molecule has 2 heterocycles. The molecule has 0 bridgehead atoms. The Kier molecular flexibility index (Phi) is 7.22. The minimum absolute atomic E-state index is 0.0154. The van der Waals surface area contributed by atoms with E-state index in [0.29, 0.717) is 5.06 Å². The van der Waals surface area contributed by atoms with Crippen molar-refractivity contribution in [3.8, 4) is 11.1 Å². The minimum atomic E-state index is -1.20. The molecule has 0 aromatic heterocycles. The summed E-state index contributed by atoms with van der Waals surface area (Å²) in [4.78, 5) is 69.1. The summed E-state index contributed by atoms with van der Waals surface area (Å²) in [5, 5.41) is 3.11. The van der Waals surface area contributed by atoms with E-state index < -0.39 is 47.7 Å². The first-order chi connectivity index (χ1) is 19.0. The fraction of sp³-hybridized carbons (Fsp3) is 0.414. The normalized spacial score (nSPS) is 20.3. The third-order valence-corrected chi connectivity index (χ3v) is 7.05. The van der Waals surface area contributed by atoms with E-state index >= 15 is 0 Å². The van der Waals surface area contributed by atoms with E-state index in [4.69, 9.17) is 14.3 Å². The number of nitrogens with one attached hydrogen (secondary N) is 1. The molecular weight excluding hydrogens is 518 g/mol. The average molecular weight is 550 g/mol. The lowest BCUT2D eigenvalue weighted by Crippen LogP contribution is -2.45. The first-order valence-corrected chi connectivity index (χ1v) is 13.2. The molecule has 40 heavy (non-hydrogen) atoms. The molecule has 2 saturated heterocycles. The number of alkyl carbamates (subject to hydrolysis) is 1. The largest absolute Gasteiger partial charge is 0.448 e. The second-order valence-corrected chi connectivity index (χ2v) is 11.0. The second-order valence-electron chi connectivity index (χ2n) is 11.0. The number of imide groups is 1. The van der Waals surface area contributed by atoms with Gasteiger partial charge in [-0.25, -0.2) is 14.4 Å². The maximum absolute atomic E-state index is 13.4. The highest BCUT2D eigenvalue weighted by atomic mass is 16.7. The Morgan fingerprint density at radius 3 is 2.08 bits per heavy atom. The number of ether oxygens (including phenoxy) is 2. The smallest absolute Gasteiger partial charge is 0.410 e. The van der Waals surface area contributed by atoms with E-state index in [2.05, 4.69) is 5.32 Å². The van der Waals surface area contributed by atoms with Crippen molar-refractivity contribution in [2.75, 3.05) is 13.2 Å². The number of rotatable bonds is 5. The summed E-state index contributed by atoms with van der Waals surface area (Å²) in [6.45, 7) is 5.12. The van der Waals surface area contributed by atoms with Gasteiger partial charge in [0.15, 0.2) is 0 Å². The number of carbonyl (C=O) groups excluding carboxylic acids is 5. The van der Waals surface area contributed by atoms with Gasteiger partial charge in [0.05, 0.1) is 6.04 Å².